The molecule has 0 aliphatic rings. The molecule has 0 fully saturated rings. The molecule has 0 spiro atoms. The maximum Gasteiger partial charge on any atom is 0.250 e. The lowest BCUT2D eigenvalue weighted by Gasteiger charge is -2.18. The molecule has 104 valence electrons. The van der Waals surface area contributed by atoms with E-state index in [2.05, 4.69) is 16.7 Å². The van der Waals surface area contributed by atoms with Crippen LogP contribution in [0.5, 0.6) is 0 Å². The summed E-state index contributed by atoms with van der Waals surface area (Å²) in [6, 6.07) is 1.95. The van der Waals surface area contributed by atoms with E-state index in [1.165, 1.54) is 16.7 Å². The summed E-state index contributed by atoms with van der Waals surface area (Å²) in [7, 11) is 3.38. The molecule has 0 bridgehead atoms. The van der Waals surface area contributed by atoms with Crippen molar-refractivity contribution in [3.05, 3.63) is 28.9 Å². The van der Waals surface area contributed by atoms with Crippen molar-refractivity contribution < 1.29 is 4.79 Å². The lowest BCUT2D eigenvalue weighted by Crippen LogP contribution is -2.34. The van der Waals surface area contributed by atoms with Crippen molar-refractivity contribution >= 4 is 22.8 Å². The molecule has 19 heavy (non-hydrogen) atoms. The van der Waals surface area contributed by atoms with Crippen LogP contribution >= 0.6 is 11.8 Å². The highest BCUT2D eigenvalue weighted by atomic mass is 32.2. The normalized spacial score (nSPS) is 11.5. The van der Waals surface area contributed by atoms with Crippen LogP contribution in [-0.2, 0) is 11.3 Å². The van der Waals surface area contributed by atoms with Gasteiger partial charge in [0.25, 0.3) is 0 Å². The van der Waals surface area contributed by atoms with Gasteiger partial charge in [-0.05, 0) is 31.7 Å². The van der Waals surface area contributed by atoms with Gasteiger partial charge in [0.1, 0.15) is 6.54 Å². The molecule has 1 amide bonds. The molecule has 0 saturated heterocycles. The summed E-state index contributed by atoms with van der Waals surface area (Å²) in [5, 5.41) is 4.92. The van der Waals surface area contributed by atoms with Gasteiger partial charge < -0.3 is 0 Å². The van der Waals surface area contributed by atoms with Crippen molar-refractivity contribution in [2.45, 2.75) is 27.3 Å². The number of allylic oxidation sites excluding steroid dienone is 1. The van der Waals surface area contributed by atoms with Crippen molar-refractivity contribution in [3.63, 3.8) is 0 Å². The van der Waals surface area contributed by atoms with E-state index in [1.54, 1.807) is 18.8 Å². The number of amides is 1. The first-order chi connectivity index (χ1) is 8.85. The van der Waals surface area contributed by atoms with Gasteiger partial charge >= 0.3 is 0 Å². The third-order valence-electron chi connectivity index (χ3n) is 2.51. The highest BCUT2D eigenvalue weighted by Crippen LogP contribution is 2.17. The van der Waals surface area contributed by atoms with E-state index in [9.17, 15) is 4.79 Å². The van der Waals surface area contributed by atoms with Gasteiger partial charge in [-0.15, -0.1) is 0 Å². The van der Waals surface area contributed by atoms with E-state index >= 15 is 0 Å². The van der Waals surface area contributed by atoms with E-state index in [-0.39, 0.29) is 12.5 Å². The van der Waals surface area contributed by atoms with Gasteiger partial charge in [0.2, 0.25) is 5.91 Å². The molecule has 0 N–H and O–H groups in total. The Labute approximate surface area is 118 Å². The summed E-state index contributed by atoms with van der Waals surface area (Å²) >= 11 is 1.39. The van der Waals surface area contributed by atoms with Gasteiger partial charge in [0, 0.05) is 19.8 Å². The number of nitrogens with zero attached hydrogens (tertiary/aromatic N) is 4. The van der Waals surface area contributed by atoms with Crippen molar-refractivity contribution in [2.24, 2.45) is 4.99 Å². The second-order valence-electron chi connectivity index (χ2n) is 4.35. The molecule has 0 aliphatic heterocycles. The smallest absolute Gasteiger partial charge is 0.250 e. The predicted octanol–water partition coefficient (Wildman–Crippen LogP) is 2.21. The summed E-state index contributed by atoms with van der Waals surface area (Å²) in [4.78, 5) is 18.7. The number of amidine groups is 1. The van der Waals surface area contributed by atoms with E-state index in [0.29, 0.717) is 5.17 Å². The highest BCUT2D eigenvalue weighted by Gasteiger charge is 2.17. The molecule has 0 saturated carbocycles. The molecule has 0 atom stereocenters. The Morgan fingerprint density at radius 2 is 2.21 bits per heavy atom. The summed E-state index contributed by atoms with van der Waals surface area (Å²) in [6.07, 6.45) is 0. The molecule has 0 radical (unpaired) electrons. The van der Waals surface area contributed by atoms with Gasteiger partial charge in [0.05, 0.1) is 5.69 Å². The van der Waals surface area contributed by atoms with Crippen LogP contribution in [0, 0.1) is 13.8 Å². The summed E-state index contributed by atoms with van der Waals surface area (Å²) in [6.45, 7) is 9.76. The zero-order valence-electron chi connectivity index (χ0n) is 12.1. The summed E-state index contributed by atoms with van der Waals surface area (Å²) in [5.41, 5.74) is 1.88. The average Bonchev–Trinajstić information content (AvgIpc) is 2.63. The maximum absolute atomic E-state index is 12.2. The first-order valence-corrected chi connectivity index (χ1v) is 6.74. The quantitative estimate of drug-likeness (QED) is 0.630. The number of carbonyl (C=O) groups excluding carboxylic acids is 1. The number of thioether (sulfide) groups is 1. The minimum absolute atomic E-state index is 0.0550. The number of aromatic nitrogens is 2. The molecular formula is C13H20N4OS. The van der Waals surface area contributed by atoms with E-state index in [1.807, 2.05) is 26.8 Å². The minimum Gasteiger partial charge on any atom is -0.293 e. The van der Waals surface area contributed by atoms with Crippen molar-refractivity contribution in [1.82, 2.24) is 14.7 Å². The lowest BCUT2D eigenvalue weighted by atomic mass is 10.4. The third-order valence-corrected chi connectivity index (χ3v) is 3.49. The van der Waals surface area contributed by atoms with Crippen molar-refractivity contribution in [1.29, 1.82) is 0 Å². The maximum atomic E-state index is 12.2. The summed E-state index contributed by atoms with van der Waals surface area (Å²) < 4.78 is 1.70. The number of carbonyl (C=O) groups is 1. The summed E-state index contributed by atoms with van der Waals surface area (Å²) in [5.74, 6) is -0.0550. The first kappa shape index (κ1) is 15.5. The van der Waals surface area contributed by atoms with Crippen LogP contribution in [0.3, 0.4) is 0 Å². The van der Waals surface area contributed by atoms with Crippen LogP contribution in [0.25, 0.3) is 0 Å². The Kier molecular flexibility index (Phi) is 5.35. The van der Waals surface area contributed by atoms with Crippen LogP contribution in [-0.4, -0.2) is 39.9 Å². The number of hydrogen-bond donors (Lipinski definition) is 0. The van der Waals surface area contributed by atoms with E-state index in [4.69, 9.17) is 0 Å². The zero-order valence-corrected chi connectivity index (χ0v) is 12.9. The van der Waals surface area contributed by atoms with Crippen LogP contribution in [0.15, 0.2) is 22.5 Å². The molecule has 0 aromatic carbocycles. The Morgan fingerprint density at radius 1 is 1.58 bits per heavy atom. The van der Waals surface area contributed by atoms with Gasteiger partial charge in [0.15, 0.2) is 5.17 Å². The zero-order chi connectivity index (χ0) is 14.6. The Hall–Kier alpha value is -1.56. The highest BCUT2D eigenvalue weighted by molar-refractivity contribution is 8.17. The largest absolute Gasteiger partial charge is 0.293 e. The second kappa shape index (κ2) is 6.56. The number of likely N-dealkylation sites (N-methyl/N-ethyl adjacent to an activating group) is 1. The fourth-order valence-corrected chi connectivity index (χ4v) is 2.24. The standard InChI is InChI=1S/C13H20N4OS/c1-9(2)19-13(14-5)16(6)12(18)8-17-11(4)7-10(3)15-17/h7H,1,8H2,2-6H3. The van der Waals surface area contributed by atoms with Crippen LogP contribution in [0.1, 0.15) is 18.3 Å². The molecular weight excluding hydrogens is 260 g/mol. The number of aliphatic imine (C=N–C) groups is 1. The van der Waals surface area contributed by atoms with Crippen molar-refractivity contribution in [2.75, 3.05) is 14.1 Å². The molecule has 1 aromatic rings. The van der Waals surface area contributed by atoms with Gasteiger partial charge in [-0.25, -0.2) is 0 Å². The average molecular weight is 280 g/mol. The Morgan fingerprint density at radius 3 is 2.63 bits per heavy atom. The molecule has 0 aliphatic carbocycles. The lowest BCUT2D eigenvalue weighted by molar-refractivity contribution is -0.127. The Balaban J connectivity index is 2.77. The second-order valence-corrected chi connectivity index (χ2v) is 5.61. The number of aryl methyl sites for hydroxylation is 2. The first-order valence-electron chi connectivity index (χ1n) is 5.93. The third kappa shape index (κ3) is 4.24. The number of hydrogen-bond acceptors (Lipinski definition) is 4. The molecule has 5 nitrogen and oxygen atoms in total. The Bertz CT molecular complexity index is 519. The molecule has 1 heterocycles. The topological polar surface area (TPSA) is 50.5 Å². The predicted molar refractivity (Wildman–Crippen MR) is 80.2 cm³/mol. The van der Waals surface area contributed by atoms with E-state index in [0.717, 1.165) is 16.3 Å². The number of rotatable bonds is 3. The molecule has 0 unspecified atom stereocenters. The van der Waals surface area contributed by atoms with Crippen molar-refractivity contribution in [3.8, 4) is 0 Å². The van der Waals surface area contributed by atoms with Crippen LogP contribution < -0.4 is 0 Å². The molecule has 1 aromatic heterocycles. The van der Waals surface area contributed by atoms with E-state index < -0.39 is 0 Å². The minimum atomic E-state index is -0.0550. The molecule has 1 rings (SSSR count). The fourth-order valence-electron chi connectivity index (χ4n) is 1.60. The monoisotopic (exact) mass is 280 g/mol. The van der Waals surface area contributed by atoms with Gasteiger partial charge in [-0.3, -0.25) is 19.4 Å². The van der Waals surface area contributed by atoms with Crippen LogP contribution in [0.2, 0.25) is 0 Å². The molecule has 6 heteroatoms. The SMILES string of the molecule is C=C(C)SC(=NC)N(C)C(=O)Cn1nc(C)cc1C. The fraction of sp³-hybridized carbons (Fsp3) is 0.462. The van der Waals surface area contributed by atoms with Gasteiger partial charge in [-0.1, -0.05) is 18.3 Å². The van der Waals surface area contributed by atoms with Crippen LogP contribution in [0.4, 0.5) is 0 Å². The van der Waals surface area contributed by atoms with Gasteiger partial charge in [-0.2, -0.15) is 5.10 Å².